The topological polar surface area (TPSA) is 39.1 Å². The Labute approximate surface area is 178 Å². The number of aryl methyl sites for hydroxylation is 1. The summed E-state index contributed by atoms with van der Waals surface area (Å²) in [4.78, 5) is 0. The molecule has 2 aromatic carbocycles. The normalized spacial score (nSPS) is 11.7. The summed E-state index contributed by atoms with van der Waals surface area (Å²) < 4.78 is 64.6. The minimum atomic E-state index is -3.69. The van der Waals surface area contributed by atoms with Crippen LogP contribution in [-0.2, 0) is 25.6 Å². The Balaban J connectivity index is 1.91. The fourth-order valence-electron chi connectivity index (χ4n) is 3.30. The molecule has 166 valence electrons. The summed E-state index contributed by atoms with van der Waals surface area (Å²) in [6, 6.07) is 10.2. The molecule has 0 amide bonds. The number of benzene rings is 2. The Hall–Kier alpha value is -2.87. The number of rotatable bonds is 10. The monoisotopic (exact) mass is 435 g/mol. The number of halogens is 4. The first kappa shape index (κ1) is 22.8. The molecule has 0 fully saturated rings. The van der Waals surface area contributed by atoms with Crippen LogP contribution in [-0.4, -0.2) is 16.8 Å². The highest BCUT2D eigenvalue weighted by atomic mass is 19.3. The van der Waals surface area contributed by atoms with E-state index in [1.807, 2.05) is 6.92 Å². The van der Waals surface area contributed by atoms with Gasteiger partial charge in [-0.15, -0.1) is 0 Å². The average Bonchev–Trinajstić information content (AvgIpc) is 3.10. The van der Waals surface area contributed by atoms with Gasteiger partial charge in [-0.05, 0) is 48.9 Å². The standard InChI is InChI=1S/C23H25F4N3O/c1-3-4-11-30-22(14-19(29-30)15-28-2)31-23(26,27)20-8-6-5-7-16(20)12-17-13-18(24)9-10-21(17)25/h5-10,13-14,28H,3-4,11-12,15H2,1-2H3. The van der Waals surface area contributed by atoms with Crippen molar-refractivity contribution in [2.24, 2.45) is 0 Å². The van der Waals surface area contributed by atoms with Crippen LogP contribution >= 0.6 is 0 Å². The Kier molecular flexibility index (Phi) is 7.33. The number of hydrogen-bond donors (Lipinski definition) is 1. The highest BCUT2D eigenvalue weighted by Gasteiger charge is 2.38. The minimum absolute atomic E-state index is 0.00690. The van der Waals surface area contributed by atoms with Gasteiger partial charge in [-0.3, -0.25) is 0 Å². The van der Waals surface area contributed by atoms with Gasteiger partial charge in [0.1, 0.15) is 11.6 Å². The molecule has 0 unspecified atom stereocenters. The van der Waals surface area contributed by atoms with Crippen molar-refractivity contribution in [3.8, 4) is 5.88 Å². The Morgan fingerprint density at radius 1 is 1.06 bits per heavy atom. The zero-order valence-corrected chi connectivity index (χ0v) is 17.5. The van der Waals surface area contributed by atoms with E-state index in [0.29, 0.717) is 18.8 Å². The van der Waals surface area contributed by atoms with Crippen molar-refractivity contribution in [1.82, 2.24) is 15.1 Å². The SMILES string of the molecule is CCCCn1nc(CNC)cc1OC(F)(F)c1ccccc1Cc1cc(F)ccc1F. The lowest BCUT2D eigenvalue weighted by atomic mass is 9.98. The molecule has 4 nitrogen and oxygen atoms in total. The molecule has 1 heterocycles. The largest absolute Gasteiger partial charge is 0.428 e. The average molecular weight is 435 g/mol. The molecule has 0 atom stereocenters. The lowest BCUT2D eigenvalue weighted by Gasteiger charge is -2.21. The summed E-state index contributed by atoms with van der Waals surface area (Å²) in [6.45, 7) is 2.85. The Morgan fingerprint density at radius 3 is 2.58 bits per heavy atom. The molecule has 0 aliphatic heterocycles. The quantitative estimate of drug-likeness (QED) is 0.434. The van der Waals surface area contributed by atoms with E-state index in [1.165, 1.54) is 28.9 Å². The molecule has 0 bridgehead atoms. The molecular weight excluding hydrogens is 410 g/mol. The number of aromatic nitrogens is 2. The summed E-state index contributed by atoms with van der Waals surface area (Å²) >= 11 is 0. The fourth-order valence-corrected chi connectivity index (χ4v) is 3.30. The van der Waals surface area contributed by atoms with Gasteiger partial charge in [0.05, 0.1) is 11.3 Å². The van der Waals surface area contributed by atoms with Gasteiger partial charge in [0.25, 0.3) is 0 Å². The number of nitrogens with zero attached hydrogens (tertiary/aromatic N) is 2. The van der Waals surface area contributed by atoms with Gasteiger partial charge in [0.15, 0.2) is 0 Å². The van der Waals surface area contributed by atoms with Crippen LogP contribution in [0.3, 0.4) is 0 Å². The van der Waals surface area contributed by atoms with E-state index in [4.69, 9.17) is 4.74 Å². The molecule has 0 saturated heterocycles. The molecule has 3 rings (SSSR count). The van der Waals surface area contributed by atoms with E-state index in [9.17, 15) is 8.78 Å². The smallest absolute Gasteiger partial charge is 0.411 e. The second-order valence-electron chi connectivity index (χ2n) is 7.27. The maximum Gasteiger partial charge on any atom is 0.428 e. The second-order valence-corrected chi connectivity index (χ2v) is 7.27. The highest BCUT2D eigenvalue weighted by Crippen LogP contribution is 2.35. The molecule has 0 saturated carbocycles. The first-order valence-corrected chi connectivity index (χ1v) is 10.1. The Morgan fingerprint density at radius 2 is 1.84 bits per heavy atom. The van der Waals surface area contributed by atoms with Crippen LogP contribution in [0.25, 0.3) is 0 Å². The van der Waals surface area contributed by atoms with Crippen LogP contribution in [0, 0.1) is 11.6 Å². The van der Waals surface area contributed by atoms with Crippen molar-refractivity contribution in [2.45, 2.75) is 45.4 Å². The van der Waals surface area contributed by atoms with E-state index in [2.05, 4.69) is 10.4 Å². The highest BCUT2D eigenvalue weighted by molar-refractivity contribution is 5.36. The third kappa shape index (κ3) is 5.64. The summed E-state index contributed by atoms with van der Waals surface area (Å²) in [7, 11) is 1.74. The van der Waals surface area contributed by atoms with Crippen molar-refractivity contribution in [3.63, 3.8) is 0 Å². The number of nitrogens with one attached hydrogen (secondary N) is 1. The molecule has 31 heavy (non-hydrogen) atoms. The van der Waals surface area contributed by atoms with Gasteiger partial charge in [-0.2, -0.15) is 13.9 Å². The van der Waals surface area contributed by atoms with Crippen LogP contribution in [0.1, 0.15) is 42.1 Å². The predicted molar refractivity (Wildman–Crippen MR) is 110 cm³/mol. The van der Waals surface area contributed by atoms with Crippen molar-refractivity contribution >= 4 is 0 Å². The van der Waals surface area contributed by atoms with E-state index in [-0.39, 0.29) is 23.4 Å². The van der Waals surface area contributed by atoms with Crippen LogP contribution in [0.15, 0.2) is 48.5 Å². The maximum absolute atomic E-state index is 15.2. The number of hydrogen-bond acceptors (Lipinski definition) is 3. The first-order valence-electron chi connectivity index (χ1n) is 10.1. The van der Waals surface area contributed by atoms with E-state index < -0.39 is 23.3 Å². The predicted octanol–water partition coefficient (Wildman–Crippen LogP) is 5.40. The van der Waals surface area contributed by atoms with Gasteiger partial charge in [-0.25, -0.2) is 13.5 Å². The van der Waals surface area contributed by atoms with E-state index >= 15 is 8.78 Å². The van der Waals surface area contributed by atoms with E-state index in [0.717, 1.165) is 31.0 Å². The van der Waals surface area contributed by atoms with Gasteiger partial charge in [0.2, 0.25) is 5.88 Å². The zero-order chi connectivity index (χ0) is 22.4. The first-order chi connectivity index (χ1) is 14.8. The summed E-state index contributed by atoms with van der Waals surface area (Å²) in [5, 5.41) is 7.27. The van der Waals surface area contributed by atoms with Crippen molar-refractivity contribution in [2.75, 3.05) is 7.05 Å². The Bertz CT molecular complexity index is 1020. The molecule has 8 heteroatoms. The molecule has 1 aromatic heterocycles. The number of ether oxygens (including phenoxy) is 1. The molecule has 3 aromatic rings. The summed E-state index contributed by atoms with van der Waals surface area (Å²) in [5.74, 6) is -1.33. The van der Waals surface area contributed by atoms with Crippen LogP contribution in [0.4, 0.5) is 17.6 Å². The molecule has 0 spiro atoms. The fraction of sp³-hybridized carbons (Fsp3) is 0.348. The van der Waals surface area contributed by atoms with Crippen LogP contribution in [0.2, 0.25) is 0 Å². The maximum atomic E-state index is 15.2. The zero-order valence-electron chi connectivity index (χ0n) is 17.5. The molecular formula is C23H25F4N3O. The van der Waals surface area contributed by atoms with Crippen molar-refractivity contribution in [1.29, 1.82) is 0 Å². The van der Waals surface area contributed by atoms with Crippen molar-refractivity contribution < 1.29 is 22.3 Å². The van der Waals surface area contributed by atoms with Gasteiger partial charge in [0, 0.05) is 25.6 Å². The van der Waals surface area contributed by atoms with E-state index in [1.54, 1.807) is 13.1 Å². The molecule has 1 N–H and O–H groups in total. The lowest BCUT2D eigenvalue weighted by molar-refractivity contribution is -0.189. The lowest BCUT2D eigenvalue weighted by Crippen LogP contribution is -2.25. The van der Waals surface area contributed by atoms with Gasteiger partial charge >= 0.3 is 6.11 Å². The van der Waals surface area contributed by atoms with Gasteiger partial charge < -0.3 is 10.1 Å². The van der Waals surface area contributed by atoms with Gasteiger partial charge in [-0.1, -0.05) is 31.5 Å². The third-order valence-electron chi connectivity index (χ3n) is 4.83. The van der Waals surface area contributed by atoms with Crippen molar-refractivity contribution in [3.05, 3.63) is 82.5 Å². The minimum Gasteiger partial charge on any atom is -0.411 e. The van der Waals surface area contributed by atoms with Crippen LogP contribution in [0.5, 0.6) is 5.88 Å². The van der Waals surface area contributed by atoms with Crippen LogP contribution < -0.4 is 10.1 Å². The molecule has 0 aliphatic rings. The molecule has 0 radical (unpaired) electrons. The third-order valence-corrected chi connectivity index (χ3v) is 4.83. The summed E-state index contributed by atoms with van der Waals surface area (Å²) in [5.41, 5.74) is 0.316. The second kappa shape index (κ2) is 9.96. The molecule has 0 aliphatic carbocycles. The summed E-state index contributed by atoms with van der Waals surface area (Å²) in [6.07, 6.45) is -2.25. The number of unbranched alkanes of at least 4 members (excludes halogenated alkanes) is 1. The number of alkyl halides is 2.